The molecule has 2 amide bonds. The third kappa shape index (κ3) is 3.08. The lowest BCUT2D eigenvalue weighted by Crippen LogP contribution is -2.59. The van der Waals surface area contributed by atoms with Crippen molar-refractivity contribution in [3.8, 4) is 0 Å². The van der Waals surface area contributed by atoms with Crippen molar-refractivity contribution >= 4 is 6.03 Å². The van der Waals surface area contributed by atoms with Crippen LogP contribution >= 0.6 is 0 Å². The van der Waals surface area contributed by atoms with E-state index in [0.717, 1.165) is 0 Å². The fourth-order valence-electron chi connectivity index (χ4n) is 1.42. The first kappa shape index (κ1) is 11.1. The normalized spacial score (nSPS) is 20.2. The molecule has 3 nitrogen and oxygen atoms in total. The zero-order valence-electron chi connectivity index (χ0n) is 8.11. The van der Waals surface area contributed by atoms with Crippen molar-refractivity contribution in [2.24, 2.45) is 5.41 Å². The average Bonchev–Trinajstić information content (AvgIpc) is 1.94. The Bertz CT molecular complexity index is 229. The Morgan fingerprint density at radius 1 is 1.43 bits per heavy atom. The van der Waals surface area contributed by atoms with E-state index >= 15 is 0 Å². The highest BCUT2D eigenvalue weighted by Gasteiger charge is 2.38. The maximum absolute atomic E-state index is 11.7. The third-order valence-electron chi connectivity index (χ3n) is 1.97. The summed E-state index contributed by atoms with van der Waals surface area (Å²) in [5.41, 5.74) is 0.0373. The third-order valence-corrected chi connectivity index (χ3v) is 1.97. The van der Waals surface area contributed by atoms with Crippen LogP contribution in [0.15, 0.2) is 0 Å². The Labute approximate surface area is 80.3 Å². The van der Waals surface area contributed by atoms with Crippen LogP contribution in [0.25, 0.3) is 0 Å². The molecule has 82 valence electrons. The molecule has 1 aliphatic rings. The number of halogens is 3. The zero-order chi connectivity index (χ0) is 11.0. The maximum Gasteiger partial charge on any atom is 0.405 e. The molecule has 0 aromatic heterocycles. The monoisotopic (exact) mass is 210 g/mol. The van der Waals surface area contributed by atoms with E-state index in [9.17, 15) is 18.0 Å². The Morgan fingerprint density at radius 3 is 2.29 bits per heavy atom. The molecule has 1 rings (SSSR count). The molecule has 0 unspecified atom stereocenters. The van der Waals surface area contributed by atoms with Crippen LogP contribution in [0.5, 0.6) is 0 Å². The summed E-state index contributed by atoms with van der Waals surface area (Å²) in [5.74, 6) is 0. The molecular formula is C8H13F3N2O. The Morgan fingerprint density at radius 2 is 1.93 bits per heavy atom. The lowest BCUT2D eigenvalue weighted by molar-refractivity contribution is -0.123. The quantitative estimate of drug-likeness (QED) is 0.700. The van der Waals surface area contributed by atoms with Gasteiger partial charge in [-0.2, -0.15) is 13.2 Å². The summed E-state index contributed by atoms with van der Waals surface area (Å²) in [4.78, 5) is 12.4. The van der Waals surface area contributed by atoms with Gasteiger partial charge in [0.25, 0.3) is 0 Å². The van der Waals surface area contributed by atoms with Gasteiger partial charge in [0.05, 0.1) is 0 Å². The van der Waals surface area contributed by atoms with Gasteiger partial charge in [0.2, 0.25) is 0 Å². The lowest BCUT2D eigenvalue weighted by atomic mass is 9.85. The summed E-state index contributed by atoms with van der Waals surface area (Å²) in [6.07, 6.45) is -4.34. The fraction of sp³-hybridized carbons (Fsp3) is 0.875. The van der Waals surface area contributed by atoms with Gasteiger partial charge in [-0.05, 0) is 0 Å². The average molecular weight is 210 g/mol. The second kappa shape index (κ2) is 3.33. The summed E-state index contributed by atoms with van der Waals surface area (Å²) in [7, 11) is 0. The van der Waals surface area contributed by atoms with E-state index in [1.165, 1.54) is 4.90 Å². The van der Waals surface area contributed by atoms with Crippen molar-refractivity contribution in [2.75, 3.05) is 19.6 Å². The molecular weight excluding hydrogens is 197 g/mol. The molecule has 0 aromatic carbocycles. The molecule has 1 fully saturated rings. The second-order valence-electron chi connectivity index (χ2n) is 4.29. The summed E-state index contributed by atoms with van der Waals surface area (Å²) in [6, 6.07) is -0.637. The summed E-state index contributed by atoms with van der Waals surface area (Å²) < 4.78 is 35.2. The van der Waals surface area contributed by atoms with Crippen LogP contribution in [0.2, 0.25) is 0 Å². The highest BCUT2D eigenvalue weighted by molar-refractivity contribution is 5.75. The molecule has 1 N–H and O–H groups in total. The van der Waals surface area contributed by atoms with E-state index in [-0.39, 0.29) is 5.41 Å². The molecule has 0 spiro atoms. The number of nitrogens with zero attached hydrogens (tertiary/aromatic N) is 1. The van der Waals surface area contributed by atoms with E-state index in [2.05, 4.69) is 0 Å². The number of hydrogen-bond acceptors (Lipinski definition) is 1. The highest BCUT2D eigenvalue weighted by atomic mass is 19.4. The van der Waals surface area contributed by atoms with Crippen LogP contribution in [0.3, 0.4) is 0 Å². The first-order chi connectivity index (χ1) is 6.20. The molecule has 0 bridgehead atoms. The van der Waals surface area contributed by atoms with Crippen LogP contribution in [-0.2, 0) is 0 Å². The Hall–Kier alpha value is -0.940. The number of likely N-dealkylation sites (tertiary alicyclic amines) is 1. The van der Waals surface area contributed by atoms with Crippen LogP contribution in [0.1, 0.15) is 13.8 Å². The summed E-state index contributed by atoms with van der Waals surface area (Å²) in [6.45, 7) is 3.68. The van der Waals surface area contributed by atoms with Gasteiger partial charge in [0.15, 0.2) is 0 Å². The largest absolute Gasteiger partial charge is 0.405 e. The fourth-order valence-corrected chi connectivity index (χ4v) is 1.42. The zero-order valence-corrected chi connectivity index (χ0v) is 8.11. The van der Waals surface area contributed by atoms with Gasteiger partial charge in [-0.3, -0.25) is 0 Å². The molecule has 0 atom stereocenters. The van der Waals surface area contributed by atoms with Crippen LogP contribution in [0, 0.1) is 5.41 Å². The Balaban J connectivity index is 2.25. The van der Waals surface area contributed by atoms with Crippen molar-refractivity contribution in [2.45, 2.75) is 20.0 Å². The summed E-state index contributed by atoms with van der Waals surface area (Å²) >= 11 is 0. The number of nitrogens with one attached hydrogen (secondary N) is 1. The SMILES string of the molecule is CC1(C)CN(C(=O)NCC(F)(F)F)C1. The number of carbonyl (C=O) groups excluding carboxylic acids is 1. The molecule has 0 aromatic rings. The highest BCUT2D eigenvalue weighted by Crippen LogP contribution is 2.28. The van der Waals surface area contributed by atoms with Gasteiger partial charge >= 0.3 is 12.2 Å². The van der Waals surface area contributed by atoms with Crippen LogP contribution in [-0.4, -0.2) is 36.7 Å². The molecule has 14 heavy (non-hydrogen) atoms. The number of urea groups is 1. The van der Waals surface area contributed by atoms with Crippen LogP contribution in [0.4, 0.5) is 18.0 Å². The van der Waals surface area contributed by atoms with E-state index in [1.807, 2.05) is 19.2 Å². The van der Waals surface area contributed by atoms with Gasteiger partial charge in [-0.1, -0.05) is 13.8 Å². The van der Waals surface area contributed by atoms with Gasteiger partial charge < -0.3 is 10.2 Å². The van der Waals surface area contributed by atoms with Crippen molar-refractivity contribution in [3.05, 3.63) is 0 Å². The number of rotatable bonds is 1. The van der Waals surface area contributed by atoms with Crippen molar-refractivity contribution in [1.82, 2.24) is 10.2 Å². The second-order valence-corrected chi connectivity index (χ2v) is 4.29. The van der Waals surface area contributed by atoms with E-state index in [1.54, 1.807) is 0 Å². The van der Waals surface area contributed by atoms with E-state index in [0.29, 0.717) is 13.1 Å². The van der Waals surface area contributed by atoms with Gasteiger partial charge in [0.1, 0.15) is 6.54 Å². The number of amides is 2. The van der Waals surface area contributed by atoms with Crippen molar-refractivity contribution < 1.29 is 18.0 Å². The van der Waals surface area contributed by atoms with E-state index in [4.69, 9.17) is 0 Å². The molecule has 0 radical (unpaired) electrons. The maximum atomic E-state index is 11.7. The standard InChI is InChI=1S/C8H13F3N2O/c1-7(2)4-13(5-7)6(14)12-3-8(9,10)11/h3-5H2,1-2H3,(H,12,14). The predicted molar refractivity (Wildman–Crippen MR) is 44.8 cm³/mol. The predicted octanol–water partition coefficient (Wildman–Crippen LogP) is 1.60. The molecule has 0 saturated carbocycles. The lowest BCUT2D eigenvalue weighted by Gasteiger charge is -2.45. The van der Waals surface area contributed by atoms with Crippen molar-refractivity contribution in [3.63, 3.8) is 0 Å². The van der Waals surface area contributed by atoms with E-state index < -0.39 is 18.8 Å². The smallest absolute Gasteiger partial charge is 0.329 e. The summed E-state index contributed by atoms with van der Waals surface area (Å²) in [5, 5.41) is 1.82. The molecule has 0 aliphatic carbocycles. The first-order valence-electron chi connectivity index (χ1n) is 4.29. The minimum absolute atomic E-state index is 0.0373. The van der Waals surface area contributed by atoms with Gasteiger partial charge in [-0.25, -0.2) is 4.79 Å². The van der Waals surface area contributed by atoms with Gasteiger partial charge in [0, 0.05) is 18.5 Å². The molecule has 1 aliphatic heterocycles. The number of hydrogen-bond donors (Lipinski definition) is 1. The first-order valence-corrected chi connectivity index (χ1v) is 4.29. The molecule has 1 saturated heterocycles. The van der Waals surface area contributed by atoms with Gasteiger partial charge in [-0.15, -0.1) is 0 Å². The van der Waals surface area contributed by atoms with Crippen molar-refractivity contribution in [1.29, 1.82) is 0 Å². The molecule has 6 heteroatoms. The topological polar surface area (TPSA) is 32.3 Å². The Kier molecular flexibility index (Phi) is 2.65. The van der Waals surface area contributed by atoms with Crippen LogP contribution < -0.4 is 5.32 Å². The number of alkyl halides is 3. The molecule has 1 heterocycles. The minimum atomic E-state index is -4.34. The minimum Gasteiger partial charge on any atom is -0.329 e. The number of carbonyl (C=O) groups is 1.